The molecule has 1 N–H and O–H groups in total. The number of ether oxygens (including phenoxy) is 4. The molecule has 1 aromatic carbocycles. The van der Waals surface area contributed by atoms with Gasteiger partial charge in [0.25, 0.3) is 0 Å². The molecule has 0 spiro atoms. The highest BCUT2D eigenvalue weighted by molar-refractivity contribution is 5.95. The van der Waals surface area contributed by atoms with Crippen LogP contribution in [0.15, 0.2) is 30.6 Å². The van der Waals surface area contributed by atoms with Crippen molar-refractivity contribution in [3.05, 3.63) is 41.7 Å². The zero-order valence-corrected chi connectivity index (χ0v) is 29.6. The van der Waals surface area contributed by atoms with Crippen molar-refractivity contribution < 1.29 is 18.9 Å². The first-order valence-electron chi connectivity index (χ1n) is 16.6. The first-order chi connectivity index (χ1) is 24.5. The molecular formula is C33H47N13O4. The Morgan fingerprint density at radius 1 is 0.780 bits per heavy atom. The van der Waals surface area contributed by atoms with Crippen LogP contribution in [0.25, 0.3) is 11.0 Å². The van der Waals surface area contributed by atoms with Crippen LogP contribution in [0.3, 0.4) is 0 Å². The Bertz CT molecular complexity index is 1690. The Morgan fingerprint density at radius 3 is 1.92 bits per heavy atom. The van der Waals surface area contributed by atoms with Gasteiger partial charge in [-0.2, -0.15) is 15.2 Å². The fourth-order valence-electron chi connectivity index (χ4n) is 5.56. The lowest BCUT2D eigenvalue weighted by molar-refractivity contribution is 0.189. The molecule has 0 radical (unpaired) electrons. The van der Waals surface area contributed by atoms with Crippen molar-refractivity contribution in [1.29, 1.82) is 5.26 Å². The Hall–Kier alpha value is -4.89. The lowest BCUT2D eigenvalue weighted by atomic mass is 10.1. The van der Waals surface area contributed by atoms with Crippen LogP contribution in [0, 0.1) is 11.3 Å². The molecule has 0 unspecified atom stereocenters. The van der Waals surface area contributed by atoms with Crippen molar-refractivity contribution >= 4 is 40.5 Å². The summed E-state index contributed by atoms with van der Waals surface area (Å²) >= 11 is 0. The number of aryl methyl sites for hydroxylation is 1. The van der Waals surface area contributed by atoms with E-state index in [4.69, 9.17) is 38.9 Å². The Balaban J connectivity index is 1.63. The third kappa shape index (κ3) is 9.21. The van der Waals surface area contributed by atoms with Gasteiger partial charge in [-0.3, -0.25) is 4.68 Å². The second kappa shape index (κ2) is 18.2. The molecule has 3 aromatic heterocycles. The second-order valence-corrected chi connectivity index (χ2v) is 11.7. The molecule has 17 nitrogen and oxygen atoms in total. The number of nitrogens with zero attached hydrogens (tertiary/aromatic N) is 12. The van der Waals surface area contributed by atoms with Gasteiger partial charge >= 0.3 is 0 Å². The maximum absolute atomic E-state index is 9.50. The number of nitrogens with one attached hydrogen (secondary N) is 1. The molecule has 0 saturated carbocycles. The van der Waals surface area contributed by atoms with Gasteiger partial charge in [0, 0.05) is 94.4 Å². The van der Waals surface area contributed by atoms with Crippen LogP contribution >= 0.6 is 0 Å². The van der Waals surface area contributed by atoms with Crippen LogP contribution in [0.4, 0.5) is 29.5 Å². The van der Waals surface area contributed by atoms with Crippen LogP contribution in [-0.4, -0.2) is 142 Å². The second-order valence-electron chi connectivity index (χ2n) is 11.7. The minimum absolute atomic E-state index is 0.415. The van der Waals surface area contributed by atoms with E-state index in [1.165, 1.54) is 0 Å². The average molecular weight is 690 g/mol. The number of piperazine rings is 1. The third-order valence-corrected chi connectivity index (χ3v) is 8.29. The number of methoxy groups -OCH3 is 4. The largest absolute Gasteiger partial charge is 0.383 e. The van der Waals surface area contributed by atoms with Crippen molar-refractivity contribution in [2.24, 2.45) is 7.05 Å². The van der Waals surface area contributed by atoms with E-state index in [1.54, 1.807) is 45.5 Å². The predicted octanol–water partition coefficient (Wildman–Crippen LogP) is 1.56. The molecule has 17 heteroatoms. The standard InChI is InChI=1S/C33H47N13O4/c1-42-24-36-31(41-42)44-11-9-43(10-12-44)30-28-27(37-33(40-30)46(15-19-49-4)16-20-50-5)29(35-23-26-8-6-7-25(21-26)22-34)39-32(38-28)45(13-17-47-2)14-18-48-3/h6-8,21,24H,9-20,23H2,1-5H3,(H,35,38,39). The summed E-state index contributed by atoms with van der Waals surface area (Å²) in [6, 6.07) is 9.72. The monoisotopic (exact) mass is 689 g/mol. The van der Waals surface area contributed by atoms with Crippen LogP contribution < -0.4 is 24.9 Å². The van der Waals surface area contributed by atoms with E-state index in [-0.39, 0.29) is 0 Å². The van der Waals surface area contributed by atoms with Crippen LogP contribution in [0.2, 0.25) is 0 Å². The number of hydrogen-bond donors (Lipinski definition) is 1. The molecule has 1 aliphatic heterocycles. The molecule has 5 rings (SSSR count). The summed E-state index contributed by atoms with van der Waals surface area (Å²) in [6.07, 6.45) is 1.71. The molecule has 4 aromatic rings. The summed E-state index contributed by atoms with van der Waals surface area (Å²) < 4.78 is 23.5. The van der Waals surface area contributed by atoms with Gasteiger partial charge in [0.05, 0.1) is 38.1 Å². The van der Waals surface area contributed by atoms with Gasteiger partial charge in [0.15, 0.2) is 11.6 Å². The number of anilines is 5. The summed E-state index contributed by atoms with van der Waals surface area (Å²) in [6.45, 7) is 7.33. The van der Waals surface area contributed by atoms with Crippen molar-refractivity contribution in [3.8, 4) is 6.07 Å². The number of nitriles is 1. The maximum atomic E-state index is 9.50. The maximum Gasteiger partial charge on any atom is 0.244 e. The van der Waals surface area contributed by atoms with E-state index in [0.717, 1.165) is 5.56 Å². The molecule has 0 atom stereocenters. The van der Waals surface area contributed by atoms with Gasteiger partial charge in [0.1, 0.15) is 17.4 Å². The number of hydrogen-bond acceptors (Lipinski definition) is 16. The summed E-state index contributed by atoms with van der Waals surface area (Å²) in [5.41, 5.74) is 2.72. The first kappa shape index (κ1) is 36.4. The molecule has 268 valence electrons. The SMILES string of the molecule is COCCN(CCOC)c1nc(N2CCN(c3ncn(C)n3)CC2)c2nc(N(CCOC)CCOC)nc(NCc3cccc(C#N)c3)c2n1. The number of rotatable bonds is 19. The lowest BCUT2D eigenvalue weighted by Crippen LogP contribution is -2.47. The van der Waals surface area contributed by atoms with Crippen LogP contribution in [0.1, 0.15) is 11.1 Å². The van der Waals surface area contributed by atoms with Crippen molar-refractivity contribution in [2.75, 3.05) is 132 Å². The molecule has 1 aliphatic rings. The minimum Gasteiger partial charge on any atom is -0.383 e. The smallest absolute Gasteiger partial charge is 0.244 e. The van der Waals surface area contributed by atoms with Crippen molar-refractivity contribution in [3.63, 3.8) is 0 Å². The quantitative estimate of drug-likeness (QED) is 0.150. The molecule has 0 aliphatic carbocycles. The first-order valence-corrected chi connectivity index (χ1v) is 16.6. The molecule has 0 bridgehead atoms. The molecule has 4 heterocycles. The van der Waals surface area contributed by atoms with Crippen LogP contribution in [0.5, 0.6) is 0 Å². The average Bonchev–Trinajstić information content (AvgIpc) is 3.59. The highest BCUT2D eigenvalue weighted by Crippen LogP contribution is 2.32. The van der Waals surface area contributed by atoms with Gasteiger partial charge in [-0.05, 0) is 17.7 Å². The Labute approximate surface area is 292 Å². The summed E-state index contributed by atoms with van der Waals surface area (Å²) in [4.78, 5) is 33.5. The van der Waals surface area contributed by atoms with Gasteiger partial charge in [-0.15, -0.1) is 5.10 Å². The molecular weight excluding hydrogens is 642 g/mol. The summed E-state index contributed by atoms with van der Waals surface area (Å²) in [7, 11) is 8.56. The topological polar surface area (TPSA) is 168 Å². The Morgan fingerprint density at radius 2 is 1.36 bits per heavy atom. The van der Waals surface area contributed by atoms with Crippen molar-refractivity contribution in [1.82, 2.24) is 34.7 Å². The highest BCUT2D eigenvalue weighted by Gasteiger charge is 2.27. The zero-order valence-electron chi connectivity index (χ0n) is 29.6. The van der Waals surface area contributed by atoms with E-state index >= 15 is 0 Å². The lowest BCUT2D eigenvalue weighted by Gasteiger charge is -2.35. The van der Waals surface area contributed by atoms with Crippen molar-refractivity contribution in [2.45, 2.75) is 6.54 Å². The third-order valence-electron chi connectivity index (χ3n) is 8.29. The molecule has 1 saturated heterocycles. The van der Waals surface area contributed by atoms with E-state index in [1.807, 2.05) is 30.1 Å². The van der Waals surface area contributed by atoms with Gasteiger partial charge in [0.2, 0.25) is 17.8 Å². The normalized spacial score (nSPS) is 13.1. The van der Waals surface area contributed by atoms with E-state index in [2.05, 4.69) is 36.2 Å². The molecule has 1 fully saturated rings. The number of benzene rings is 1. The highest BCUT2D eigenvalue weighted by atomic mass is 16.5. The van der Waals surface area contributed by atoms with Gasteiger partial charge < -0.3 is 43.9 Å². The van der Waals surface area contributed by atoms with Gasteiger partial charge in [-0.1, -0.05) is 12.1 Å². The van der Waals surface area contributed by atoms with E-state index < -0.39 is 0 Å². The molecule has 50 heavy (non-hydrogen) atoms. The van der Waals surface area contributed by atoms with Crippen LogP contribution in [-0.2, 0) is 32.5 Å². The molecule has 0 amide bonds. The predicted molar refractivity (Wildman–Crippen MR) is 191 cm³/mol. The fourth-order valence-corrected chi connectivity index (χ4v) is 5.56. The summed E-state index contributed by atoms with van der Waals surface area (Å²) in [5.74, 6) is 2.98. The Kier molecular flexibility index (Phi) is 13.2. The fraction of sp³-hybridized carbons (Fsp3) is 0.545. The summed E-state index contributed by atoms with van der Waals surface area (Å²) in [5, 5.41) is 17.5. The number of aromatic nitrogens is 7. The minimum atomic E-state index is 0.415. The van der Waals surface area contributed by atoms with E-state index in [0.29, 0.717) is 131 Å². The van der Waals surface area contributed by atoms with E-state index in [9.17, 15) is 5.26 Å². The van der Waals surface area contributed by atoms with Gasteiger partial charge in [-0.25, -0.2) is 15.0 Å². The number of fused-ring (bicyclic) bond motifs is 1. The zero-order chi connectivity index (χ0) is 35.3.